The van der Waals surface area contributed by atoms with Gasteiger partial charge >= 0.3 is 0 Å². The lowest BCUT2D eigenvalue weighted by Crippen LogP contribution is -2.31. The summed E-state index contributed by atoms with van der Waals surface area (Å²) in [6, 6.07) is 41.3. The molecular formula is C30H26O. The van der Waals surface area contributed by atoms with Gasteiger partial charge in [0.1, 0.15) is 5.60 Å². The summed E-state index contributed by atoms with van der Waals surface area (Å²) in [4.78, 5) is 0. The molecule has 1 fully saturated rings. The molecule has 5 rings (SSSR count). The molecule has 31 heavy (non-hydrogen) atoms. The van der Waals surface area contributed by atoms with Gasteiger partial charge in [-0.2, -0.15) is 0 Å². The van der Waals surface area contributed by atoms with Gasteiger partial charge in [-0.25, -0.2) is 0 Å². The van der Waals surface area contributed by atoms with Crippen LogP contribution in [0.25, 0.3) is 6.08 Å². The van der Waals surface area contributed by atoms with E-state index < -0.39 is 5.60 Å². The van der Waals surface area contributed by atoms with Gasteiger partial charge in [-0.05, 0) is 34.6 Å². The van der Waals surface area contributed by atoms with Crippen molar-refractivity contribution in [2.75, 3.05) is 0 Å². The van der Waals surface area contributed by atoms with Gasteiger partial charge in [-0.1, -0.05) is 133 Å². The molecule has 152 valence electrons. The minimum Gasteiger partial charge on any atom is -0.380 e. The topological polar surface area (TPSA) is 20.2 Å². The fourth-order valence-electron chi connectivity index (χ4n) is 4.82. The average Bonchev–Trinajstić information content (AvgIpc) is 3.52. The first kappa shape index (κ1) is 19.5. The quantitative estimate of drug-likeness (QED) is 0.390. The molecule has 0 spiro atoms. The molecule has 1 heteroatoms. The zero-order chi connectivity index (χ0) is 21.1. The third-order valence-corrected chi connectivity index (χ3v) is 6.39. The van der Waals surface area contributed by atoms with Gasteiger partial charge in [0.25, 0.3) is 0 Å². The van der Waals surface area contributed by atoms with Crippen molar-refractivity contribution in [2.24, 2.45) is 11.8 Å². The number of hydrogen-bond acceptors (Lipinski definition) is 1. The van der Waals surface area contributed by atoms with Gasteiger partial charge in [0.2, 0.25) is 0 Å². The van der Waals surface area contributed by atoms with Crippen LogP contribution in [0, 0.1) is 11.8 Å². The first-order valence-corrected chi connectivity index (χ1v) is 10.9. The molecule has 0 aliphatic heterocycles. The van der Waals surface area contributed by atoms with Crippen LogP contribution in [0.2, 0.25) is 0 Å². The lowest BCUT2D eigenvalue weighted by Gasteiger charge is -2.30. The molecule has 0 unspecified atom stereocenters. The van der Waals surface area contributed by atoms with Crippen LogP contribution in [0.1, 0.15) is 22.3 Å². The van der Waals surface area contributed by atoms with Crippen LogP contribution in [-0.4, -0.2) is 5.11 Å². The van der Waals surface area contributed by atoms with Crippen LogP contribution >= 0.6 is 0 Å². The zero-order valence-electron chi connectivity index (χ0n) is 17.4. The summed E-state index contributed by atoms with van der Waals surface area (Å²) in [6.45, 7) is 0. The Hall–Kier alpha value is -3.42. The van der Waals surface area contributed by atoms with Crippen molar-refractivity contribution in [3.8, 4) is 0 Å². The van der Waals surface area contributed by atoms with Gasteiger partial charge in [-0.3, -0.25) is 0 Å². The van der Waals surface area contributed by atoms with Crippen LogP contribution in [0.5, 0.6) is 0 Å². The highest BCUT2D eigenvalue weighted by molar-refractivity contribution is 5.62. The molecule has 0 bridgehead atoms. The van der Waals surface area contributed by atoms with E-state index >= 15 is 0 Å². The van der Waals surface area contributed by atoms with Gasteiger partial charge in [0, 0.05) is 5.92 Å². The standard InChI is InChI=1S/C30H26O/c31-30(25-17-9-3-10-18-25,26-19-11-4-12-20-26)29-27(21-23-13-5-1-6-14-23)28(29)22-24-15-7-2-8-16-24/h1-21,28-29,31H,22H2/b27-21+/t28-,29+/m0/s1. The third-order valence-electron chi connectivity index (χ3n) is 6.39. The van der Waals surface area contributed by atoms with Crippen LogP contribution in [-0.2, 0) is 12.0 Å². The molecule has 0 amide bonds. The molecule has 1 aliphatic rings. The summed E-state index contributed by atoms with van der Waals surface area (Å²) in [5, 5.41) is 12.3. The minimum absolute atomic E-state index is 0.0257. The molecule has 1 nitrogen and oxygen atoms in total. The first-order valence-electron chi connectivity index (χ1n) is 10.9. The number of hydrogen-bond donors (Lipinski definition) is 1. The highest BCUT2D eigenvalue weighted by atomic mass is 16.3. The maximum absolute atomic E-state index is 12.3. The molecular weight excluding hydrogens is 376 g/mol. The highest BCUT2D eigenvalue weighted by Crippen LogP contribution is 2.60. The lowest BCUT2D eigenvalue weighted by molar-refractivity contribution is 0.0541. The summed E-state index contributed by atoms with van der Waals surface area (Å²) >= 11 is 0. The Kier molecular flexibility index (Phi) is 5.28. The summed E-state index contributed by atoms with van der Waals surface area (Å²) in [5.74, 6) is 0.311. The summed E-state index contributed by atoms with van der Waals surface area (Å²) < 4.78 is 0. The molecule has 2 atom stereocenters. The third kappa shape index (κ3) is 3.85. The number of rotatable bonds is 6. The van der Waals surface area contributed by atoms with Crippen LogP contribution in [0.4, 0.5) is 0 Å². The van der Waals surface area contributed by atoms with Crippen molar-refractivity contribution in [3.05, 3.63) is 149 Å². The van der Waals surface area contributed by atoms with Crippen molar-refractivity contribution < 1.29 is 5.11 Å². The van der Waals surface area contributed by atoms with E-state index in [9.17, 15) is 5.11 Å². The van der Waals surface area contributed by atoms with E-state index in [0.717, 1.165) is 17.5 Å². The second kappa shape index (κ2) is 8.37. The second-order valence-corrected chi connectivity index (χ2v) is 8.33. The molecule has 1 N–H and O–H groups in total. The van der Waals surface area contributed by atoms with Gasteiger partial charge < -0.3 is 5.11 Å². The summed E-state index contributed by atoms with van der Waals surface area (Å²) in [7, 11) is 0. The van der Waals surface area contributed by atoms with Crippen LogP contribution in [0.3, 0.4) is 0 Å². The fraction of sp³-hybridized carbons (Fsp3) is 0.133. The maximum Gasteiger partial charge on any atom is 0.122 e. The minimum atomic E-state index is -1.07. The predicted molar refractivity (Wildman–Crippen MR) is 127 cm³/mol. The number of benzene rings is 4. The fourth-order valence-corrected chi connectivity index (χ4v) is 4.82. The van der Waals surface area contributed by atoms with E-state index in [1.54, 1.807) is 0 Å². The van der Waals surface area contributed by atoms with Crippen molar-refractivity contribution in [2.45, 2.75) is 12.0 Å². The van der Waals surface area contributed by atoms with Gasteiger partial charge in [0.05, 0.1) is 0 Å². The SMILES string of the molecule is OC(c1ccccc1)(c1ccccc1)[C@@H]1/C(=C/c2ccccc2)[C@@H]1Cc1ccccc1. The summed E-state index contributed by atoms with van der Waals surface area (Å²) in [6.07, 6.45) is 3.20. The van der Waals surface area contributed by atoms with Crippen molar-refractivity contribution in [1.82, 2.24) is 0 Å². The smallest absolute Gasteiger partial charge is 0.122 e. The molecule has 0 radical (unpaired) electrons. The average molecular weight is 403 g/mol. The monoisotopic (exact) mass is 402 g/mol. The van der Waals surface area contributed by atoms with E-state index in [2.05, 4.69) is 60.7 Å². The van der Waals surface area contributed by atoms with Crippen molar-refractivity contribution in [3.63, 3.8) is 0 Å². The highest BCUT2D eigenvalue weighted by Gasteiger charge is 2.57. The Balaban J connectivity index is 1.61. The van der Waals surface area contributed by atoms with Crippen LogP contribution in [0.15, 0.2) is 127 Å². The lowest BCUT2D eigenvalue weighted by atomic mass is 9.80. The second-order valence-electron chi connectivity index (χ2n) is 8.33. The number of aliphatic hydroxyl groups is 1. The Morgan fingerprint density at radius 2 is 1.06 bits per heavy atom. The van der Waals surface area contributed by atoms with Crippen molar-refractivity contribution in [1.29, 1.82) is 0 Å². The predicted octanol–water partition coefficient (Wildman–Crippen LogP) is 6.49. The van der Waals surface area contributed by atoms with Crippen LogP contribution < -0.4 is 0 Å². The van der Waals surface area contributed by atoms with Gasteiger partial charge in [0.15, 0.2) is 0 Å². The zero-order valence-corrected chi connectivity index (χ0v) is 17.4. The van der Waals surface area contributed by atoms with Gasteiger partial charge in [-0.15, -0.1) is 0 Å². The molecule has 1 aliphatic carbocycles. The Morgan fingerprint density at radius 3 is 1.58 bits per heavy atom. The van der Waals surface area contributed by atoms with E-state index in [1.807, 2.05) is 66.7 Å². The van der Waals surface area contributed by atoms with E-state index in [-0.39, 0.29) is 11.8 Å². The van der Waals surface area contributed by atoms with E-state index in [4.69, 9.17) is 0 Å². The van der Waals surface area contributed by atoms with E-state index in [1.165, 1.54) is 16.7 Å². The molecule has 0 aromatic heterocycles. The largest absolute Gasteiger partial charge is 0.380 e. The first-order chi connectivity index (χ1) is 15.3. The van der Waals surface area contributed by atoms with E-state index in [0.29, 0.717) is 0 Å². The Labute approximate surface area is 184 Å². The summed E-state index contributed by atoms with van der Waals surface area (Å²) in [5.41, 5.74) is 4.62. The molecule has 4 aromatic carbocycles. The molecule has 1 saturated carbocycles. The Bertz CT molecular complexity index is 1110. The normalized spacial score (nSPS) is 19.3. The Morgan fingerprint density at radius 1 is 0.613 bits per heavy atom. The van der Waals surface area contributed by atoms with Crippen molar-refractivity contribution >= 4 is 6.08 Å². The molecule has 0 saturated heterocycles. The molecule has 0 heterocycles. The molecule has 4 aromatic rings. The maximum atomic E-state index is 12.3.